The van der Waals surface area contributed by atoms with Crippen LogP contribution < -0.4 is 24.4 Å². The molecule has 0 aromatic heterocycles. The number of benzene rings is 2. The average Bonchev–Trinajstić information content (AvgIpc) is 2.79. The van der Waals surface area contributed by atoms with Crippen molar-refractivity contribution in [2.75, 3.05) is 54.2 Å². The van der Waals surface area contributed by atoms with E-state index in [1.54, 1.807) is 39.5 Å². The van der Waals surface area contributed by atoms with Gasteiger partial charge < -0.3 is 29.2 Å². The smallest absolute Gasteiger partial charge is 0.255 e. The number of ether oxygens (including phenoxy) is 4. The van der Waals surface area contributed by atoms with Gasteiger partial charge >= 0.3 is 0 Å². The van der Waals surface area contributed by atoms with Gasteiger partial charge in [-0.1, -0.05) is 0 Å². The maximum Gasteiger partial charge on any atom is 0.255 e. The number of rotatable bonds is 8. The summed E-state index contributed by atoms with van der Waals surface area (Å²) in [4.78, 5) is 14.2. The van der Waals surface area contributed by atoms with Gasteiger partial charge in [0.25, 0.3) is 5.91 Å². The van der Waals surface area contributed by atoms with E-state index in [0.717, 1.165) is 37.6 Å². The van der Waals surface area contributed by atoms with Crippen LogP contribution >= 0.6 is 0 Å². The van der Waals surface area contributed by atoms with Gasteiger partial charge in [0.1, 0.15) is 36.4 Å². The molecule has 1 atom stereocenters. The van der Waals surface area contributed by atoms with E-state index in [-0.39, 0.29) is 11.9 Å². The first kappa shape index (κ1) is 21.0. The molecule has 0 aliphatic carbocycles. The van der Waals surface area contributed by atoms with Crippen LogP contribution in [0.1, 0.15) is 22.0 Å². The fourth-order valence-electron chi connectivity index (χ4n) is 3.59. The molecule has 2 aromatic carbocycles. The Balaban J connectivity index is 1.76. The first-order valence-corrected chi connectivity index (χ1v) is 9.72. The number of nitrogens with one attached hydrogen (secondary N) is 2. The molecule has 2 N–H and O–H groups in total. The van der Waals surface area contributed by atoms with Crippen LogP contribution in [0.4, 0.5) is 0 Å². The standard InChI is InChI=1S/C22H28N2O5/c1-26-17-6-4-16(5-7-17)20(24-10-12-29-13-11-24)15-23-22(25)19-9-8-18(27-2)14-21(19)28-3/h4-9,14,20H,10-13,15H2,1-3H3,(H,23,25)/p+1/t20-/m1/s1. The van der Waals surface area contributed by atoms with E-state index in [1.165, 1.54) is 4.90 Å². The molecule has 0 unspecified atom stereocenters. The molecule has 1 amide bonds. The monoisotopic (exact) mass is 401 g/mol. The van der Waals surface area contributed by atoms with E-state index in [0.29, 0.717) is 23.6 Å². The Labute approximate surface area is 171 Å². The van der Waals surface area contributed by atoms with Crippen LogP contribution in [0.5, 0.6) is 17.2 Å². The van der Waals surface area contributed by atoms with Crippen LogP contribution in [0.2, 0.25) is 0 Å². The summed E-state index contributed by atoms with van der Waals surface area (Å²) in [5.74, 6) is 1.78. The fourth-order valence-corrected chi connectivity index (χ4v) is 3.59. The molecule has 2 aromatic rings. The van der Waals surface area contributed by atoms with E-state index in [4.69, 9.17) is 18.9 Å². The predicted molar refractivity (Wildman–Crippen MR) is 109 cm³/mol. The van der Waals surface area contributed by atoms with E-state index in [9.17, 15) is 4.79 Å². The van der Waals surface area contributed by atoms with Gasteiger partial charge in [-0.25, -0.2) is 0 Å². The van der Waals surface area contributed by atoms with Gasteiger partial charge in [-0.05, 0) is 36.4 Å². The van der Waals surface area contributed by atoms with Gasteiger partial charge in [0, 0.05) is 11.6 Å². The van der Waals surface area contributed by atoms with Crippen molar-refractivity contribution < 1.29 is 28.6 Å². The van der Waals surface area contributed by atoms with Crippen molar-refractivity contribution in [3.63, 3.8) is 0 Å². The summed E-state index contributed by atoms with van der Waals surface area (Å²) in [6, 6.07) is 13.3. The Kier molecular flexibility index (Phi) is 7.32. The Morgan fingerprint density at radius 3 is 2.28 bits per heavy atom. The lowest BCUT2D eigenvalue weighted by atomic mass is 10.0. The summed E-state index contributed by atoms with van der Waals surface area (Å²) < 4.78 is 21.4. The number of quaternary nitrogens is 1. The van der Waals surface area contributed by atoms with Crippen molar-refractivity contribution in [3.8, 4) is 17.2 Å². The zero-order valence-electron chi connectivity index (χ0n) is 17.2. The lowest BCUT2D eigenvalue weighted by Crippen LogP contribution is -3.15. The zero-order chi connectivity index (χ0) is 20.6. The molecule has 7 nitrogen and oxygen atoms in total. The summed E-state index contributed by atoms with van der Waals surface area (Å²) in [7, 11) is 4.78. The minimum Gasteiger partial charge on any atom is -0.497 e. The van der Waals surface area contributed by atoms with Crippen LogP contribution in [-0.2, 0) is 4.74 Å². The van der Waals surface area contributed by atoms with Crippen LogP contribution in [0, 0.1) is 0 Å². The lowest BCUT2D eigenvalue weighted by molar-refractivity contribution is -0.937. The van der Waals surface area contributed by atoms with Crippen LogP contribution in [-0.4, -0.2) is 60.1 Å². The highest BCUT2D eigenvalue weighted by molar-refractivity contribution is 5.97. The predicted octanol–water partition coefficient (Wildman–Crippen LogP) is 1.10. The number of hydrogen-bond donors (Lipinski definition) is 2. The minimum atomic E-state index is -0.171. The fraction of sp³-hybridized carbons (Fsp3) is 0.409. The number of carbonyl (C=O) groups excluding carboxylic acids is 1. The molecule has 7 heteroatoms. The number of carbonyl (C=O) groups is 1. The molecule has 29 heavy (non-hydrogen) atoms. The third-order valence-electron chi connectivity index (χ3n) is 5.27. The summed E-state index contributed by atoms with van der Waals surface area (Å²) in [6.07, 6.45) is 0. The van der Waals surface area contributed by atoms with Crippen molar-refractivity contribution in [2.24, 2.45) is 0 Å². The molecular formula is C22H29N2O5+. The molecule has 0 saturated carbocycles. The molecular weight excluding hydrogens is 372 g/mol. The summed E-state index contributed by atoms with van der Waals surface area (Å²) in [5.41, 5.74) is 1.64. The van der Waals surface area contributed by atoms with Crippen LogP contribution in [0.3, 0.4) is 0 Å². The van der Waals surface area contributed by atoms with E-state index >= 15 is 0 Å². The molecule has 0 radical (unpaired) electrons. The summed E-state index contributed by atoms with van der Waals surface area (Å²) in [6.45, 7) is 3.76. The highest BCUT2D eigenvalue weighted by Crippen LogP contribution is 2.24. The average molecular weight is 401 g/mol. The number of hydrogen-bond acceptors (Lipinski definition) is 5. The molecule has 3 rings (SSSR count). The normalized spacial score (nSPS) is 15.4. The second-order valence-corrected chi connectivity index (χ2v) is 6.87. The molecule has 1 aliphatic rings. The minimum absolute atomic E-state index is 0.123. The highest BCUT2D eigenvalue weighted by Gasteiger charge is 2.27. The van der Waals surface area contributed by atoms with E-state index in [2.05, 4.69) is 17.4 Å². The second kappa shape index (κ2) is 10.1. The molecule has 1 saturated heterocycles. The number of methoxy groups -OCH3 is 3. The molecule has 0 bridgehead atoms. The Morgan fingerprint density at radius 2 is 1.66 bits per heavy atom. The summed E-state index contributed by atoms with van der Waals surface area (Å²) in [5, 5.41) is 3.08. The topological polar surface area (TPSA) is 70.5 Å². The van der Waals surface area contributed by atoms with Crippen LogP contribution in [0.25, 0.3) is 0 Å². The Bertz CT molecular complexity index is 803. The third kappa shape index (κ3) is 5.19. The highest BCUT2D eigenvalue weighted by atomic mass is 16.5. The molecule has 1 aliphatic heterocycles. The quantitative estimate of drug-likeness (QED) is 0.693. The third-order valence-corrected chi connectivity index (χ3v) is 5.27. The maximum absolute atomic E-state index is 12.9. The van der Waals surface area contributed by atoms with E-state index in [1.807, 2.05) is 12.1 Å². The van der Waals surface area contributed by atoms with Crippen molar-refractivity contribution >= 4 is 5.91 Å². The van der Waals surface area contributed by atoms with Gasteiger partial charge in [0.05, 0.1) is 46.7 Å². The lowest BCUT2D eigenvalue weighted by Gasteiger charge is -2.32. The number of morpholine rings is 1. The first-order valence-electron chi connectivity index (χ1n) is 9.72. The Morgan fingerprint density at radius 1 is 1.00 bits per heavy atom. The van der Waals surface area contributed by atoms with E-state index < -0.39 is 0 Å². The van der Waals surface area contributed by atoms with Crippen molar-refractivity contribution in [1.29, 1.82) is 0 Å². The van der Waals surface area contributed by atoms with Crippen LogP contribution in [0.15, 0.2) is 42.5 Å². The van der Waals surface area contributed by atoms with Gasteiger partial charge in [-0.15, -0.1) is 0 Å². The van der Waals surface area contributed by atoms with Gasteiger partial charge in [-0.3, -0.25) is 4.79 Å². The Hall–Kier alpha value is -2.77. The van der Waals surface area contributed by atoms with Gasteiger partial charge in [0.2, 0.25) is 0 Å². The second-order valence-electron chi connectivity index (χ2n) is 6.87. The van der Waals surface area contributed by atoms with Crippen molar-refractivity contribution in [1.82, 2.24) is 5.32 Å². The van der Waals surface area contributed by atoms with Crippen molar-refractivity contribution in [2.45, 2.75) is 6.04 Å². The van der Waals surface area contributed by atoms with Gasteiger partial charge in [0.15, 0.2) is 0 Å². The maximum atomic E-state index is 12.9. The van der Waals surface area contributed by atoms with Crippen molar-refractivity contribution in [3.05, 3.63) is 53.6 Å². The largest absolute Gasteiger partial charge is 0.497 e. The zero-order valence-corrected chi connectivity index (χ0v) is 17.2. The summed E-state index contributed by atoms with van der Waals surface area (Å²) >= 11 is 0. The molecule has 0 spiro atoms. The SMILES string of the molecule is COc1ccc([C@@H](CNC(=O)c2ccc(OC)cc2OC)[NH+]2CCOCC2)cc1. The number of amides is 1. The van der Waals surface area contributed by atoms with Gasteiger partial charge in [-0.2, -0.15) is 0 Å². The molecule has 1 heterocycles. The first-order chi connectivity index (χ1) is 14.2. The molecule has 1 fully saturated rings. The molecule has 156 valence electrons.